The Hall–Kier alpha value is -7.06. The highest BCUT2D eigenvalue weighted by Crippen LogP contribution is 2.42. The van der Waals surface area contributed by atoms with Gasteiger partial charge in [-0.2, -0.15) is 9.57 Å². The predicted octanol–water partition coefficient (Wildman–Crippen LogP) is 7.67. The van der Waals surface area contributed by atoms with E-state index >= 15 is 0 Å². The van der Waals surface area contributed by atoms with Gasteiger partial charge in [-0.3, -0.25) is 9.59 Å². The fourth-order valence-electron chi connectivity index (χ4n) is 7.95. The minimum Gasteiger partial charge on any atom is -0.489 e. The number of nitrogens with zero attached hydrogens (tertiary/aromatic N) is 3. The monoisotopic (exact) mass is 925 g/mol. The second-order valence-corrected chi connectivity index (χ2v) is 19.4. The molecule has 5 aromatic carbocycles. The fourth-order valence-corrected chi connectivity index (χ4v) is 11.1. The van der Waals surface area contributed by atoms with Crippen molar-refractivity contribution in [3.05, 3.63) is 153 Å². The minimum atomic E-state index is -4.45. The molecular weight excluding hydrogens is 879 g/mol. The van der Waals surface area contributed by atoms with Gasteiger partial charge in [-0.25, -0.2) is 18.2 Å². The van der Waals surface area contributed by atoms with Crippen LogP contribution in [-0.4, -0.2) is 61.3 Å². The fraction of sp³-hybridized carbons (Fsp3) is 0.260. The van der Waals surface area contributed by atoms with Crippen molar-refractivity contribution < 1.29 is 41.7 Å². The molecule has 6 aromatic rings. The van der Waals surface area contributed by atoms with Gasteiger partial charge in [-0.05, 0) is 114 Å². The highest BCUT2D eigenvalue weighted by molar-refractivity contribution is 7.91. The second kappa shape index (κ2) is 19.2. The number of fused-ring (bicyclic) bond motifs is 2. The van der Waals surface area contributed by atoms with Gasteiger partial charge in [0.25, 0.3) is 10.0 Å². The number of aromatic nitrogens is 1. The lowest BCUT2D eigenvalue weighted by atomic mass is 9.93. The predicted molar refractivity (Wildman–Crippen MR) is 248 cm³/mol. The number of thiazole rings is 1. The topological polar surface area (TPSA) is 186 Å². The van der Waals surface area contributed by atoms with Crippen molar-refractivity contribution in [3.8, 4) is 34.4 Å². The summed E-state index contributed by atoms with van der Waals surface area (Å²) in [7, 11) is -3.23. The number of hydrogen-bond donors (Lipinski definition) is 2. The van der Waals surface area contributed by atoms with Crippen molar-refractivity contribution in [1.82, 2.24) is 14.6 Å². The van der Waals surface area contributed by atoms with Gasteiger partial charge in [0, 0.05) is 19.9 Å². The van der Waals surface area contributed by atoms with Crippen molar-refractivity contribution >= 4 is 44.3 Å². The van der Waals surface area contributed by atoms with E-state index in [4.69, 9.17) is 18.9 Å². The van der Waals surface area contributed by atoms with Crippen LogP contribution in [-0.2, 0) is 55.1 Å². The zero-order valence-electron chi connectivity index (χ0n) is 36.9. The Morgan fingerprint density at radius 3 is 2.24 bits per heavy atom. The number of carbonyl (C=O) groups is 3. The molecule has 2 N–H and O–H groups in total. The van der Waals surface area contributed by atoms with Gasteiger partial charge < -0.3 is 29.6 Å². The van der Waals surface area contributed by atoms with E-state index in [-0.39, 0.29) is 41.0 Å². The molecule has 0 fully saturated rings. The number of rotatable bonds is 13. The van der Waals surface area contributed by atoms with Crippen LogP contribution in [0, 0.1) is 32.1 Å². The molecule has 66 heavy (non-hydrogen) atoms. The summed E-state index contributed by atoms with van der Waals surface area (Å²) in [5, 5.41) is 14.6. The average molecular weight is 926 g/mol. The van der Waals surface area contributed by atoms with Gasteiger partial charge in [-0.1, -0.05) is 78.1 Å². The molecule has 14 nitrogen and oxygen atoms in total. The first-order valence-corrected chi connectivity index (χ1v) is 23.4. The lowest BCUT2D eigenvalue weighted by Gasteiger charge is -2.36. The first-order chi connectivity index (χ1) is 31.7. The Morgan fingerprint density at radius 2 is 1.58 bits per heavy atom. The molecular formula is C50H47N5O9S2. The number of nitrogens with one attached hydrogen (secondary N) is 2. The summed E-state index contributed by atoms with van der Waals surface area (Å²) in [6, 6.07) is 31.6. The van der Waals surface area contributed by atoms with Crippen LogP contribution in [0.25, 0.3) is 11.1 Å². The number of anilines is 1. The number of benzene rings is 5. The highest BCUT2D eigenvalue weighted by atomic mass is 32.2. The van der Waals surface area contributed by atoms with E-state index in [2.05, 4.69) is 53.7 Å². The molecule has 338 valence electrons. The third-order valence-corrected chi connectivity index (χ3v) is 15.2. The van der Waals surface area contributed by atoms with Crippen molar-refractivity contribution in [2.75, 3.05) is 19.0 Å². The van der Waals surface area contributed by atoms with Crippen LogP contribution in [0.4, 0.5) is 5.13 Å². The van der Waals surface area contributed by atoms with Gasteiger partial charge in [0.05, 0.1) is 24.4 Å². The van der Waals surface area contributed by atoms with Crippen molar-refractivity contribution in [3.63, 3.8) is 0 Å². The normalized spacial score (nSPS) is 16.0. The lowest BCUT2D eigenvalue weighted by Crippen LogP contribution is -2.56. The SMILES string of the molecule is COC(=O)C(Cc1ccc(-c2ccc(C#N)cc2)cc1)NC(=O)C1Cc2cc3c(cc2CN1S(=O)(=O)c1sc(NC(C)=O)nc1C)OC(c1ccc(OCc2ccc(C)c(C)c2)cc1)CO3. The van der Waals surface area contributed by atoms with Crippen LogP contribution in [0.2, 0.25) is 0 Å². The third kappa shape index (κ3) is 9.93. The van der Waals surface area contributed by atoms with Gasteiger partial charge in [-0.15, -0.1) is 0 Å². The smallest absolute Gasteiger partial charge is 0.328 e. The summed E-state index contributed by atoms with van der Waals surface area (Å²) in [6.07, 6.45) is -0.479. The molecule has 0 radical (unpaired) electrons. The van der Waals surface area contributed by atoms with Crippen LogP contribution < -0.4 is 24.8 Å². The number of carbonyl (C=O) groups excluding carboxylic acids is 3. The number of ether oxygens (including phenoxy) is 4. The zero-order chi connectivity index (χ0) is 46.7. The first kappa shape index (κ1) is 45.5. The molecule has 0 spiro atoms. The molecule has 3 unspecified atom stereocenters. The molecule has 2 aliphatic heterocycles. The van der Waals surface area contributed by atoms with Crippen LogP contribution in [0.3, 0.4) is 0 Å². The molecule has 1 aromatic heterocycles. The van der Waals surface area contributed by atoms with Crippen LogP contribution in [0.15, 0.2) is 107 Å². The number of amides is 2. The Kier molecular flexibility index (Phi) is 13.2. The van der Waals surface area contributed by atoms with E-state index in [9.17, 15) is 28.1 Å². The van der Waals surface area contributed by atoms with Gasteiger partial charge >= 0.3 is 5.97 Å². The minimum absolute atomic E-state index is 0.0545. The van der Waals surface area contributed by atoms with E-state index in [1.165, 1.54) is 32.1 Å². The van der Waals surface area contributed by atoms with E-state index in [1.54, 1.807) is 24.3 Å². The Bertz CT molecular complexity index is 2970. The Morgan fingerprint density at radius 1 is 0.894 bits per heavy atom. The van der Waals surface area contributed by atoms with E-state index in [0.29, 0.717) is 46.1 Å². The molecule has 8 rings (SSSR count). The van der Waals surface area contributed by atoms with Crippen LogP contribution >= 0.6 is 11.3 Å². The average Bonchev–Trinajstić information content (AvgIpc) is 3.70. The summed E-state index contributed by atoms with van der Waals surface area (Å²) in [5.41, 5.74) is 8.82. The van der Waals surface area contributed by atoms with Crippen LogP contribution in [0.1, 0.15) is 63.2 Å². The second-order valence-electron chi connectivity index (χ2n) is 16.3. The summed E-state index contributed by atoms with van der Waals surface area (Å²) < 4.78 is 54.3. The van der Waals surface area contributed by atoms with E-state index in [1.807, 2.05) is 60.7 Å². The zero-order valence-corrected chi connectivity index (χ0v) is 38.5. The number of hydrogen-bond acceptors (Lipinski definition) is 12. The Labute approximate surface area is 387 Å². The van der Waals surface area contributed by atoms with Crippen LogP contribution in [0.5, 0.6) is 17.2 Å². The molecule has 16 heteroatoms. The van der Waals surface area contributed by atoms with Gasteiger partial charge in [0.1, 0.15) is 31.0 Å². The summed E-state index contributed by atoms with van der Waals surface area (Å²) in [4.78, 5) is 43.9. The van der Waals surface area contributed by atoms with E-state index in [0.717, 1.165) is 37.9 Å². The lowest BCUT2D eigenvalue weighted by molar-refractivity contribution is -0.145. The number of methoxy groups -OCH3 is 1. The molecule has 0 saturated heterocycles. The number of sulfonamides is 1. The van der Waals surface area contributed by atoms with Crippen molar-refractivity contribution in [1.29, 1.82) is 5.26 Å². The number of nitriles is 1. The molecule has 2 amide bonds. The summed E-state index contributed by atoms with van der Waals surface area (Å²) >= 11 is 0.787. The quantitative estimate of drug-likeness (QED) is 0.108. The third-order valence-electron chi connectivity index (χ3n) is 11.7. The Balaban J connectivity index is 1.04. The van der Waals surface area contributed by atoms with Crippen molar-refractivity contribution in [2.45, 2.75) is 76.1 Å². The standard InChI is InChI=1S/C50H47N5O9S2/c1-29-6-7-35(20-30(29)2)27-62-41-18-16-38(17-19-41)46-28-63-44-23-39-22-43(55(26-40(39)24-45(44)64-46)66(59,60)49-31(3)52-50(65-49)53-32(4)56)47(57)54-42(48(58)61-5)21-33-8-12-36(13-9-33)37-14-10-34(25-51)11-15-37/h6-20,23-24,42-43,46H,21-22,26-28H2,1-5H3,(H,54,57)(H,52,53,56). The van der Waals surface area contributed by atoms with Gasteiger partial charge in [0.2, 0.25) is 11.8 Å². The largest absolute Gasteiger partial charge is 0.489 e. The van der Waals surface area contributed by atoms with E-state index < -0.39 is 46.0 Å². The van der Waals surface area contributed by atoms with Crippen molar-refractivity contribution in [2.24, 2.45) is 0 Å². The molecule has 3 atom stereocenters. The molecule has 0 bridgehead atoms. The maximum absolute atomic E-state index is 14.7. The molecule has 0 saturated carbocycles. The molecule has 0 aliphatic carbocycles. The van der Waals surface area contributed by atoms with Gasteiger partial charge in [0.15, 0.2) is 26.9 Å². The maximum atomic E-state index is 14.7. The summed E-state index contributed by atoms with van der Waals surface area (Å²) in [6.45, 7) is 7.37. The highest BCUT2D eigenvalue weighted by Gasteiger charge is 2.43. The number of esters is 1. The maximum Gasteiger partial charge on any atom is 0.328 e. The molecule has 3 heterocycles. The first-order valence-electron chi connectivity index (χ1n) is 21.2. The molecule has 2 aliphatic rings. The summed E-state index contributed by atoms with van der Waals surface area (Å²) in [5.74, 6) is -0.276. The number of aryl methyl sites for hydroxylation is 3.